The normalized spacial score (nSPS) is 26.6. The summed E-state index contributed by atoms with van der Waals surface area (Å²) < 4.78 is 60.5. The molecule has 0 spiro atoms. The molecule has 0 aromatic heterocycles. The van der Waals surface area contributed by atoms with Gasteiger partial charge in [0.15, 0.2) is 11.5 Å². The molecule has 1 atom stereocenters. The van der Waals surface area contributed by atoms with Crippen molar-refractivity contribution < 1.29 is 27.0 Å². The summed E-state index contributed by atoms with van der Waals surface area (Å²) in [5.74, 6) is -0.875. The van der Waals surface area contributed by atoms with Crippen molar-refractivity contribution in [1.82, 2.24) is 5.32 Å². The van der Waals surface area contributed by atoms with Gasteiger partial charge in [-0.3, -0.25) is 0 Å². The van der Waals surface area contributed by atoms with E-state index in [9.17, 15) is 17.6 Å². The third-order valence-corrected chi connectivity index (χ3v) is 3.71. The van der Waals surface area contributed by atoms with Crippen LogP contribution < -0.4 is 14.8 Å². The molecule has 20 heavy (non-hydrogen) atoms. The third-order valence-electron chi connectivity index (χ3n) is 3.38. The molecule has 3 rings (SSSR count). The highest BCUT2D eigenvalue weighted by Gasteiger charge is 2.66. The monoisotopic (exact) mass is 311 g/mol. The molecule has 0 aliphatic carbocycles. The number of alkyl halides is 4. The fourth-order valence-electron chi connectivity index (χ4n) is 2.34. The molecule has 2 heterocycles. The summed E-state index contributed by atoms with van der Waals surface area (Å²) in [6.45, 7) is 1.43. The Morgan fingerprint density at radius 1 is 1.10 bits per heavy atom. The second-order valence-corrected chi connectivity index (χ2v) is 5.16. The molecule has 3 nitrogen and oxygen atoms in total. The van der Waals surface area contributed by atoms with Crippen LogP contribution in [-0.4, -0.2) is 25.3 Å². The molecule has 2 aliphatic rings. The number of halogens is 5. The average molecular weight is 312 g/mol. The van der Waals surface area contributed by atoms with Crippen LogP contribution in [0.15, 0.2) is 12.1 Å². The van der Waals surface area contributed by atoms with Crippen LogP contribution >= 0.6 is 11.6 Å². The first kappa shape index (κ1) is 13.8. The van der Waals surface area contributed by atoms with Gasteiger partial charge in [-0.25, -0.2) is 0 Å². The Bertz CT molecular complexity index is 547. The van der Waals surface area contributed by atoms with Crippen molar-refractivity contribution in [3.63, 3.8) is 0 Å². The molecule has 1 fully saturated rings. The Morgan fingerprint density at radius 2 is 1.70 bits per heavy atom. The first-order valence-corrected chi connectivity index (χ1v) is 6.36. The molecule has 2 aliphatic heterocycles. The average Bonchev–Trinajstić information content (AvgIpc) is 2.83. The highest BCUT2D eigenvalue weighted by Crippen LogP contribution is 2.49. The number of nitrogens with one attached hydrogen (secondary N) is 1. The Labute approximate surface area is 116 Å². The van der Waals surface area contributed by atoms with Crippen LogP contribution in [0.25, 0.3) is 0 Å². The van der Waals surface area contributed by atoms with E-state index in [1.54, 1.807) is 0 Å². The maximum Gasteiger partial charge on any atom is 0.507 e. The van der Waals surface area contributed by atoms with Crippen molar-refractivity contribution >= 4 is 11.6 Å². The summed E-state index contributed by atoms with van der Waals surface area (Å²) in [7, 11) is 0. The van der Waals surface area contributed by atoms with E-state index in [-0.39, 0.29) is 10.9 Å². The van der Waals surface area contributed by atoms with Gasteiger partial charge < -0.3 is 14.8 Å². The lowest BCUT2D eigenvalue weighted by Crippen LogP contribution is -2.52. The van der Waals surface area contributed by atoms with Crippen molar-refractivity contribution in [2.75, 3.05) is 13.1 Å². The summed E-state index contributed by atoms with van der Waals surface area (Å²) in [5.41, 5.74) is 0.583. The van der Waals surface area contributed by atoms with Gasteiger partial charge in [0.2, 0.25) is 0 Å². The van der Waals surface area contributed by atoms with Crippen LogP contribution in [0.4, 0.5) is 17.6 Å². The van der Waals surface area contributed by atoms with Crippen LogP contribution in [-0.2, 0) is 0 Å². The topological polar surface area (TPSA) is 30.5 Å². The van der Waals surface area contributed by atoms with Crippen LogP contribution in [0.5, 0.6) is 11.5 Å². The zero-order valence-electron chi connectivity index (χ0n) is 10.1. The fraction of sp³-hybridized carbons (Fsp3) is 0.500. The van der Waals surface area contributed by atoms with Crippen LogP contribution in [0.3, 0.4) is 0 Å². The predicted octanol–water partition coefficient (Wildman–Crippen LogP) is 3.37. The van der Waals surface area contributed by atoms with Crippen molar-refractivity contribution in [3.8, 4) is 11.5 Å². The molecule has 1 unspecified atom stereocenters. The highest BCUT2D eigenvalue weighted by molar-refractivity contribution is 6.31. The minimum Gasteiger partial charge on any atom is -0.421 e. The molecule has 1 saturated heterocycles. The van der Waals surface area contributed by atoms with E-state index in [1.165, 1.54) is 6.07 Å². The van der Waals surface area contributed by atoms with Gasteiger partial charge in [-0.15, -0.1) is 0 Å². The number of benzene rings is 1. The van der Waals surface area contributed by atoms with Crippen LogP contribution in [0, 0.1) is 0 Å². The molecule has 1 aromatic rings. The first-order valence-electron chi connectivity index (χ1n) is 5.98. The third kappa shape index (κ3) is 2.09. The van der Waals surface area contributed by atoms with Gasteiger partial charge in [0.25, 0.3) is 0 Å². The fourth-order valence-corrected chi connectivity index (χ4v) is 2.65. The molecular formula is C12H10ClF4NO2. The summed E-state index contributed by atoms with van der Waals surface area (Å²) in [5, 5.41) is 3.30. The molecule has 0 amide bonds. The van der Waals surface area contributed by atoms with Gasteiger partial charge >= 0.3 is 12.2 Å². The zero-order valence-corrected chi connectivity index (χ0v) is 10.8. The smallest absolute Gasteiger partial charge is 0.421 e. The standard InChI is InChI=1S/C12H10ClF4NO2/c13-8-4-10-9(3-7(8)6-1-2-18-5-6)19-11(14,15)12(16,17)20-10/h3-4,6,18H,1-2,5H2. The molecular weight excluding hydrogens is 302 g/mol. The maximum atomic E-state index is 13.1. The van der Waals surface area contributed by atoms with Gasteiger partial charge in [0.05, 0.1) is 0 Å². The van der Waals surface area contributed by atoms with Crippen molar-refractivity contribution in [2.24, 2.45) is 0 Å². The van der Waals surface area contributed by atoms with Gasteiger partial charge in [0, 0.05) is 17.6 Å². The summed E-state index contributed by atoms with van der Waals surface area (Å²) in [6, 6.07) is 2.34. The second kappa shape index (κ2) is 4.39. The summed E-state index contributed by atoms with van der Waals surface area (Å²) in [4.78, 5) is 0. The minimum atomic E-state index is -4.72. The van der Waals surface area contributed by atoms with Crippen LogP contribution in [0.2, 0.25) is 5.02 Å². The van der Waals surface area contributed by atoms with E-state index < -0.39 is 23.7 Å². The lowest BCUT2D eigenvalue weighted by atomic mass is 9.98. The van der Waals surface area contributed by atoms with E-state index in [2.05, 4.69) is 14.8 Å². The Kier molecular flexibility index (Phi) is 3.02. The number of fused-ring (bicyclic) bond motifs is 1. The van der Waals surface area contributed by atoms with Gasteiger partial charge in [-0.05, 0) is 30.5 Å². The van der Waals surface area contributed by atoms with Gasteiger partial charge in [0.1, 0.15) is 0 Å². The lowest BCUT2D eigenvalue weighted by Gasteiger charge is -2.32. The molecule has 0 bridgehead atoms. The number of ether oxygens (including phenoxy) is 2. The highest BCUT2D eigenvalue weighted by atomic mass is 35.5. The Morgan fingerprint density at radius 3 is 2.25 bits per heavy atom. The molecule has 110 valence electrons. The Hall–Kier alpha value is -1.21. The SMILES string of the molecule is FC1(F)Oc2cc(Cl)c(C3CCNC3)cc2OC1(F)F. The summed E-state index contributed by atoms with van der Waals surface area (Å²) in [6.07, 6.45) is -8.65. The largest absolute Gasteiger partial charge is 0.507 e. The minimum absolute atomic E-state index is 0.0347. The summed E-state index contributed by atoms with van der Waals surface area (Å²) >= 11 is 6.01. The van der Waals surface area contributed by atoms with E-state index in [4.69, 9.17) is 11.6 Å². The Balaban J connectivity index is 2.01. The van der Waals surface area contributed by atoms with Gasteiger partial charge in [-0.2, -0.15) is 17.6 Å². The first-order chi connectivity index (χ1) is 9.30. The second-order valence-electron chi connectivity index (χ2n) is 4.75. The number of hydrogen-bond acceptors (Lipinski definition) is 3. The van der Waals surface area contributed by atoms with E-state index in [0.717, 1.165) is 19.0 Å². The quantitative estimate of drug-likeness (QED) is 0.807. The maximum absolute atomic E-state index is 13.1. The lowest BCUT2D eigenvalue weighted by molar-refractivity contribution is -0.391. The number of rotatable bonds is 1. The zero-order chi connectivity index (χ0) is 14.5. The predicted molar refractivity (Wildman–Crippen MR) is 62.8 cm³/mol. The van der Waals surface area contributed by atoms with Crippen molar-refractivity contribution in [2.45, 2.75) is 24.6 Å². The number of hydrogen-bond donors (Lipinski definition) is 1. The molecule has 1 aromatic carbocycles. The molecule has 0 radical (unpaired) electrons. The van der Waals surface area contributed by atoms with E-state index in [0.29, 0.717) is 12.1 Å². The van der Waals surface area contributed by atoms with Crippen molar-refractivity contribution in [1.29, 1.82) is 0 Å². The van der Waals surface area contributed by atoms with E-state index >= 15 is 0 Å². The van der Waals surface area contributed by atoms with E-state index in [1.807, 2.05) is 0 Å². The van der Waals surface area contributed by atoms with Gasteiger partial charge in [-0.1, -0.05) is 11.6 Å². The molecule has 1 N–H and O–H groups in total. The van der Waals surface area contributed by atoms with Crippen LogP contribution in [0.1, 0.15) is 17.9 Å². The van der Waals surface area contributed by atoms with Crippen molar-refractivity contribution in [3.05, 3.63) is 22.7 Å². The molecule has 0 saturated carbocycles. The molecule has 8 heteroatoms.